The molecule has 0 unspecified atom stereocenters. The molecule has 70 valence electrons. The molecular formula is C9H8F2O2. The van der Waals surface area contributed by atoms with Crippen LogP contribution >= 0.6 is 0 Å². The fourth-order valence-corrected chi connectivity index (χ4v) is 0.963. The second kappa shape index (κ2) is 3.98. The van der Waals surface area contributed by atoms with E-state index in [4.69, 9.17) is 0 Å². The molecule has 0 spiro atoms. The summed E-state index contributed by atoms with van der Waals surface area (Å²) in [6.45, 7) is -1.14. The van der Waals surface area contributed by atoms with E-state index in [2.05, 4.69) is 4.74 Å². The molecule has 0 atom stereocenters. The predicted octanol–water partition coefficient (Wildman–Crippen LogP) is 2.41. The Labute approximate surface area is 74.1 Å². The zero-order valence-electron chi connectivity index (χ0n) is 6.96. The Hall–Kier alpha value is -1.45. The summed E-state index contributed by atoms with van der Waals surface area (Å²) in [6, 6.07) is 4.45. The lowest BCUT2D eigenvalue weighted by Crippen LogP contribution is -2.04. The average molecular weight is 186 g/mol. The number of hydrogen-bond acceptors (Lipinski definition) is 2. The van der Waals surface area contributed by atoms with Gasteiger partial charge in [0.25, 0.3) is 0 Å². The maximum absolute atomic E-state index is 11.8. The number of aryl methyl sites for hydroxylation is 1. The third-order valence-corrected chi connectivity index (χ3v) is 1.51. The van der Waals surface area contributed by atoms with Crippen LogP contribution in [-0.4, -0.2) is 12.9 Å². The fourth-order valence-electron chi connectivity index (χ4n) is 0.963. The molecule has 0 amide bonds. The molecular weight excluding hydrogens is 178 g/mol. The summed E-state index contributed by atoms with van der Waals surface area (Å²) in [5, 5.41) is 0. The van der Waals surface area contributed by atoms with Crippen molar-refractivity contribution in [3.63, 3.8) is 0 Å². The van der Waals surface area contributed by atoms with Gasteiger partial charge in [-0.1, -0.05) is 11.6 Å². The summed E-state index contributed by atoms with van der Waals surface area (Å²) in [7, 11) is 0. The van der Waals surface area contributed by atoms with Crippen LogP contribution in [0.3, 0.4) is 0 Å². The highest BCUT2D eigenvalue weighted by Gasteiger charge is 2.08. The Kier molecular flexibility index (Phi) is 2.95. The summed E-state index contributed by atoms with van der Waals surface area (Å²) in [4.78, 5) is 10.4. The Morgan fingerprint density at radius 2 is 2.15 bits per heavy atom. The van der Waals surface area contributed by atoms with E-state index < -0.39 is 6.61 Å². The number of alkyl halides is 2. The Morgan fingerprint density at radius 3 is 2.69 bits per heavy atom. The number of aldehydes is 1. The molecule has 1 aromatic carbocycles. The molecule has 0 saturated heterocycles. The molecule has 0 bridgehead atoms. The monoisotopic (exact) mass is 186 g/mol. The number of hydrogen-bond donors (Lipinski definition) is 0. The Morgan fingerprint density at radius 1 is 1.46 bits per heavy atom. The lowest BCUT2D eigenvalue weighted by molar-refractivity contribution is -0.0500. The standard InChI is InChI=1S/C9H8F2O2/c1-6-2-3-8(13-9(10)11)7(4-6)5-12/h2-5,9H,1H3. The number of halogens is 2. The first-order valence-electron chi connectivity index (χ1n) is 3.64. The molecule has 1 rings (SSSR count). The van der Waals surface area contributed by atoms with Crippen molar-refractivity contribution in [2.24, 2.45) is 0 Å². The van der Waals surface area contributed by atoms with Crippen LogP contribution < -0.4 is 4.74 Å². The lowest BCUT2D eigenvalue weighted by atomic mass is 10.1. The molecule has 0 fully saturated rings. The van der Waals surface area contributed by atoms with Crippen molar-refractivity contribution in [1.29, 1.82) is 0 Å². The zero-order valence-corrected chi connectivity index (χ0v) is 6.96. The van der Waals surface area contributed by atoms with Gasteiger partial charge in [0.1, 0.15) is 5.75 Å². The highest BCUT2D eigenvalue weighted by molar-refractivity contribution is 5.79. The molecule has 0 aliphatic carbocycles. The number of carbonyl (C=O) groups is 1. The summed E-state index contributed by atoms with van der Waals surface area (Å²) in [6.07, 6.45) is 0.491. The maximum atomic E-state index is 11.8. The van der Waals surface area contributed by atoms with Gasteiger partial charge in [-0.3, -0.25) is 4.79 Å². The largest absolute Gasteiger partial charge is 0.434 e. The van der Waals surface area contributed by atoms with Gasteiger partial charge in [-0.2, -0.15) is 8.78 Å². The minimum atomic E-state index is -2.90. The van der Waals surface area contributed by atoms with Gasteiger partial charge >= 0.3 is 6.61 Å². The summed E-state index contributed by atoms with van der Waals surface area (Å²) < 4.78 is 27.7. The predicted molar refractivity (Wildman–Crippen MR) is 43.2 cm³/mol. The molecule has 0 N–H and O–H groups in total. The number of ether oxygens (including phenoxy) is 1. The average Bonchev–Trinajstić information content (AvgIpc) is 2.07. The van der Waals surface area contributed by atoms with Crippen LogP contribution in [0.25, 0.3) is 0 Å². The summed E-state index contributed by atoms with van der Waals surface area (Å²) >= 11 is 0. The van der Waals surface area contributed by atoms with Gasteiger partial charge in [0.15, 0.2) is 6.29 Å². The van der Waals surface area contributed by atoms with Crippen molar-refractivity contribution in [3.8, 4) is 5.75 Å². The maximum Gasteiger partial charge on any atom is 0.387 e. The normalized spacial score (nSPS) is 10.2. The van der Waals surface area contributed by atoms with Crippen LogP contribution in [0.2, 0.25) is 0 Å². The summed E-state index contributed by atoms with van der Waals surface area (Å²) in [5.74, 6) is -0.0874. The Bertz CT molecular complexity index is 310. The van der Waals surface area contributed by atoms with Gasteiger partial charge in [-0.25, -0.2) is 0 Å². The van der Waals surface area contributed by atoms with Crippen LogP contribution in [-0.2, 0) is 0 Å². The van der Waals surface area contributed by atoms with Gasteiger partial charge in [0.2, 0.25) is 0 Å². The molecule has 13 heavy (non-hydrogen) atoms. The Balaban J connectivity index is 2.99. The van der Waals surface area contributed by atoms with E-state index in [0.717, 1.165) is 5.56 Å². The fraction of sp³-hybridized carbons (Fsp3) is 0.222. The molecule has 0 aliphatic heterocycles. The first-order valence-corrected chi connectivity index (χ1v) is 3.64. The minimum Gasteiger partial charge on any atom is -0.434 e. The number of rotatable bonds is 3. The molecule has 0 radical (unpaired) electrons. The number of benzene rings is 1. The van der Waals surface area contributed by atoms with Gasteiger partial charge in [-0.05, 0) is 19.1 Å². The highest BCUT2D eigenvalue weighted by atomic mass is 19.3. The number of carbonyl (C=O) groups excluding carboxylic acids is 1. The van der Waals surface area contributed by atoms with E-state index in [1.807, 2.05) is 0 Å². The van der Waals surface area contributed by atoms with Crippen LogP contribution in [0, 0.1) is 6.92 Å². The van der Waals surface area contributed by atoms with Crippen LogP contribution in [0.15, 0.2) is 18.2 Å². The van der Waals surface area contributed by atoms with Crippen molar-refractivity contribution in [1.82, 2.24) is 0 Å². The molecule has 2 nitrogen and oxygen atoms in total. The van der Waals surface area contributed by atoms with E-state index in [1.54, 1.807) is 13.0 Å². The molecule has 4 heteroatoms. The SMILES string of the molecule is Cc1ccc(OC(F)F)c(C=O)c1. The van der Waals surface area contributed by atoms with Gasteiger partial charge in [0, 0.05) is 0 Å². The van der Waals surface area contributed by atoms with Crippen LogP contribution in [0.1, 0.15) is 15.9 Å². The quantitative estimate of drug-likeness (QED) is 0.677. The molecule has 1 aromatic rings. The summed E-state index contributed by atoms with van der Waals surface area (Å²) in [5.41, 5.74) is 0.962. The van der Waals surface area contributed by atoms with Crippen LogP contribution in [0.5, 0.6) is 5.75 Å². The smallest absolute Gasteiger partial charge is 0.387 e. The van der Waals surface area contributed by atoms with Gasteiger partial charge in [0.05, 0.1) is 5.56 Å². The third kappa shape index (κ3) is 2.50. The van der Waals surface area contributed by atoms with Gasteiger partial charge < -0.3 is 4.74 Å². The molecule has 0 aliphatic rings. The van der Waals surface area contributed by atoms with E-state index >= 15 is 0 Å². The first-order chi connectivity index (χ1) is 6.13. The van der Waals surface area contributed by atoms with E-state index in [1.165, 1.54) is 12.1 Å². The van der Waals surface area contributed by atoms with Crippen LogP contribution in [0.4, 0.5) is 8.78 Å². The van der Waals surface area contributed by atoms with Crippen molar-refractivity contribution in [3.05, 3.63) is 29.3 Å². The topological polar surface area (TPSA) is 26.3 Å². The third-order valence-electron chi connectivity index (χ3n) is 1.51. The second-order valence-electron chi connectivity index (χ2n) is 2.54. The molecule has 0 aromatic heterocycles. The van der Waals surface area contributed by atoms with Crippen molar-refractivity contribution >= 4 is 6.29 Å². The van der Waals surface area contributed by atoms with E-state index in [0.29, 0.717) is 6.29 Å². The lowest BCUT2D eigenvalue weighted by Gasteiger charge is -2.06. The zero-order chi connectivity index (χ0) is 9.84. The first kappa shape index (κ1) is 9.64. The van der Waals surface area contributed by atoms with Crippen molar-refractivity contribution < 1.29 is 18.3 Å². The minimum absolute atomic E-state index is 0.0874. The second-order valence-corrected chi connectivity index (χ2v) is 2.54. The van der Waals surface area contributed by atoms with Crippen molar-refractivity contribution in [2.45, 2.75) is 13.5 Å². The highest BCUT2D eigenvalue weighted by Crippen LogP contribution is 2.19. The van der Waals surface area contributed by atoms with Gasteiger partial charge in [-0.15, -0.1) is 0 Å². The van der Waals surface area contributed by atoms with Crippen molar-refractivity contribution in [2.75, 3.05) is 0 Å². The van der Waals surface area contributed by atoms with E-state index in [-0.39, 0.29) is 11.3 Å². The molecule has 0 saturated carbocycles. The molecule has 0 heterocycles. The van der Waals surface area contributed by atoms with E-state index in [9.17, 15) is 13.6 Å².